The molecule has 0 bridgehead atoms. The number of nitrogens with zero attached hydrogens (tertiary/aromatic N) is 3. The molecule has 1 aliphatic heterocycles. The van der Waals surface area contributed by atoms with Crippen LogP contribution in [-0.4, -0.2) is 47.0 Å². The van der Waals surface area contributed by atoms with Crippen LogP contribution >= 0.6 is 0 Å². The van der Waals surface area contributed by atoms with Gasteiger partial charge in [0.05, 0.1) is 6.33 Å². The highest BCUT2D eigenvalue weighted by atomic mass is 16.1. The van der Waals surface area contributed by atoms with Crippen LogP contribution in [0, 0.1) is 0 Å². The van der Waals surface area contributed by atoms with Gasteiger partial charge in [0.1, 0.15) is 0 Å². The van der Waals surface area contributed by atoms with E-state index in [4.69, 9.17) is 0 Å². The fourth-order valence-corrected chi connectivity index (χ4v) is 3.60. The first-order chi connectivity index (χ1) is 12.2. The SMILES string of the molecule is CN1CCC(CNC(=O)CCCn2ccnc2)(c2ccccc2)CC1. The molecule has 1 amide bonds. The zero-order valence-corrected chi connectivity index (χ0v) is 15.0. The number of benzene rings is 1. The van der Waals surface area contributed by atoms with Crippen LogP contribution in [0.3, 0.4) is 0 Å². The summed E-state index contributed by atoms with van der Waals surface area (Å²) < 4.78 is 2.01. The minimum atomic E-state index is 0.0633. The summed E-state index contributed by atoms with van der Waals surface area (Å²) in [5, 5.41) is 3.20. The topological polar surface area (TPSA) is 50.2 Å². The van der Waals surface area contributed by atoms with E-state index >= 15 is 0 Å². The molecule has 25 heavy (non-hydrogen) atoms. The zero-order valence-electron chi connectivity index (χ0n) is 15.0. The number of piperidine rings is 1. The Bertz CT molecular complexity index is 646. The van der Waals surface area contributed by atoms with Crippen LogP contribution in [0.4, 0.5) is 0 Å². The zero-order chi connectivity index (χ0) is 17.5. The van der Waals surface area contributed by atoms with Gasteiger partial charge < -0.3 is 14.8 Å². The molecule has 134 valence electrons. The quantitative estimate of drug-likeness (QED) is 0.842. The van der Waals surface area contributed by atoms with Gasteiger partial charge in [-0.25, -0.2) is 4.98 Å². The van der Waals surface area contributed by atoms with Crippen LogP contribution in [0.25, 0.3) is 0 Å². The summed E-state index contributed by atoms with van der Waals surface area (Å²) >= 11 is 0. The Hall–Kier alpha value is -2.14. The number of nitrogens with one attached hydrogen (secondary N) is 1. The molecule has 1 aromatic carbocycles. The summed E-state index contributed by atoms with van der Waals surface area (Å²) in [7, 11) is 2.17. The lowest BCUT2D eigenvalue weighted by Crippen LogP contribution is -2.48. The van der Waals surface area contributed by atoms with E-state index in [2.05, 4.69) is 52.6 Å². The minimum Gasteiger partial charge on any atom is -0.355 e. The average molecular weight is 340 g/mol. The molecule has 2 aromatic rings. The summed E-state index contributed by atoms with van der Waals surface area (Å²) in [6, 6.07) is 10.7. The van der Waals surface area contributed by atoms with Crippen molar-refractivity contribution in [2.75, 3.05) is 26.7 Å². The van der Waals surface area contributed by atoms with E-state index < -0.39 is 0 Å². The van der Waals surface area contributed by atoms with Gasteiger partial charge in [-0.05, 0) is 45.0 Å². The van der Waals surface area contributed by atoms with E-state index in [-0.39, 0.29) is 11.3 Å². The lowest BCUT2D eigenvalue weighted by Gasteiger charge is -2.41. The molecular formula is C20H28N4O. The van der Waals surface area contributed by atoms with Crippen molar-refractivity contribution in [1.29, 1.82) is 0 Å². The second-order valence-corrected chi connectivity index (χ2v) is 7.13. The Morgan fingerprint density at radius 1 is 1.24 bits per heavy atom. The molecule has 0 aliphatic carbocycles. The summed E-state index contributed by atoms with van der Waals surface area (Å²) in [5.74, 6) is 0.148. The Balaban J connectivity index is 1.54. The van der Waals surface area contributed by atoms with Crippen LogP contribution in [-0.2, 0) is 16.8 Å². The molecular weight excluding hydrogens is 312 g/mol. The number of likely N-dealkylation sites (tertiary alicyclic amines) is 1. The highest BCUT2D eigenvalue weighted by Crippen LogP contribution is 2.34. The number of hydrogen-bond donors (Lipinski definition) is 1. The fraction of sp³-hybridized carbons (Fsp3) is 0.500. The first-order valence-corrected chi connectivity index (χ1v) is 9.14. The highest BCUT2D eigenvalue weighted by Gasteiger charge is 2.35. The predicted molar refractivity (Wildman–Crippen MR) is 99.3 cm³/mol. The molecule has 0 unspecified atom stereocenters. The third-order valence-electron chi connectivity index (χ3n) is 5.33. The highest BCUT2D eigenvalue weighted by molar-refractivity contribution is 5.76. The molecule has 1 aromatic heterocycles. The summed E-state index contributed by atoms with van der Waals surface area (Å²) in [6.07, 6.45) is 9.06. The van der Waals surface area contributed by atoms with Crippen molar-refractivity contribution >= 4 is 5.91 Å². The van der Waals surface area contributed by atoms with Gasteiger partial charge in [-0.1, -0.05) is 30.3 Å². The van der Waals surface area contributed by atoms with Crippen LogP contribution < -0.4 is 5.32 Å². The fourth-order valence-electron chi connectivity index (χ4n) is 3.60. The van der Waals surface area contributed by atoms with Gasteiger partial charge in [-0.2, -0.15) is 0 Å². The third kappa shape index (κ3) is 4.69. The van der Waals surface area contributed by atoms with Crippen molar-refractivity contribution < 1.29 is 4.79 Å². The number of hydrogen-bond acceptors (Lipinski definition) is 3. The second-order valence-electron chi connectivity index (χ2n) is 7.13. The van der Waals surface area contributed by atoms with Crippen molar-refractivity contribution in [3.05, 3.63) is 54.6 Å². The third-order valence-corrected chi connectivity index (χ3v) is 5.33. The molecule has 0 radical (unpaired) electrons. The maximum Gasteiger partial charge on any atom is 0.220 e. The van der Waals surface area contributed by atoms with Crippen LogP contribution in [0.15, 0.2) is 49.1 Å². The Kier molecular flexibility index (Phi) is 5.87. The molecule has 0 atom stereocenters. The van der Waals surface area contributed by atoms with Gasteiger partial charge in [0.25, 0.3) is 0 Å². The van der Waals surface area contributed by atoms with Crippen molar-refractivity contribution in [2.45, 2.75) is 37.6 Å². The largest absolute Gasteiger partial charge is 0.355 e. The Morgan fingerprint density at radius 3 is 2.68 bits per heavy atom. The Labute approximate surface area is 150 Å². The lowest BCUT2D eigenvalue weighted by molar-refractivity contribution is -0.121. The number of carbonyl (C=O) groups excluding carboxylic acids is 1. The first kappa shape index (κ1) is 17.7. The standard InChI is InChI=1S/C20H28N4O/c1-23-13-9-20(10-14-23,18-6-3-2-4-7-18)16-22-19(25)8-5-12-24-15-11-21-17-24/h2-4,6-7,11,15,17H,5,8-10,12-14,16H2,1H3,(H,22,25). The molecule has 1 N–H and O–H groups in total. The molecule has 5 nitrogen and oxygen atoms in total. The number of rotatable bonds is 7. The molecule has 1 aliphatic rings. The van der Waals surface area contributed by atoms with E-state index in [1.807, 2.05) is 10.8 Å². The van der Waals surface area contributed by atoms with Gasteiger partial charge >= 0.3 is 0 Å². The predicted octanol–water partition coefficient (Wildman–Crippen LogP) is 2.44. The normalized spacial score (nSPS) is 17.3. The van der Waals surface area contributed by atoms with E-state index in [9.17, 15) is 4.79 Å². The van der Waals surface area contributed by atoms with Crippen molar-refractivity contribution in [3.8, 4) is 0 Å². The Morgan fingerprint density at radius 2 is 2.00 bits per heavy atom. The maximum absolute atomic E-state index is 12.3. The van der Waals surface area contributed by atoms with Gasteiger partial charge in [-0.15, -0.1) is 0 Å². The van der Waals surface area contributed by atoms with E-state index in [0.29, 0.717) is 6.42 Å². The number of imidazole rings is 1. The van der Waals surface area contributed by atoms with Gasteiger partial charge in [0, 0.05) is 37.3 Å². The average Bonchev–Trinajstić information content (AvgIpc) is 3.16. The van der Waals surface area contributed by atoms with Crippen molar-refractivity contribution in [2.24, 2.45) is 0 Å². The lowest BCUT2D eigenvalue weighted by atomic mass is 9.72. The molecule has 5 heteroatoms. The van der Waals surface area contributed by atoms with Gasteiger partial charge in [0.15, 0.2) is 0 Å². The van der Waals surface area contributed by atoms with E-state index in [1.165, 1.54) is 5.56 Å². The first-order valence-electron chi connectivity index (χ1n) is 9.14. The molecule has 3 rings (SSSR count). The number of aromatic nitrogens is 2. The molecule has 2 heterocycles. The summed E-state index contributed by atoms with van der Waals surface area (Å²) in [5.41, 5.74) is 1.41. The summed E-state index contributed by atoms with van der Waals surface area (Å²) in [4.78, 5) is 18.7. The molecule has 1 saturated heterocycles. The van der Waals surface area contributed by atoms with Crippen LogP contribution in [0.1, 0.15) is 31.2 Å². The van der Waals surface area contributed by atoms with Gasteiger partial charge in [0.2, 0.25) is 5.91 Å². The smallest absolute Gasteiger partial charge is 0.220 e. The number of aryl methyl sites for hydroxylation is 1. The number of carbonyl (C=O) groups is 1. The monoisotopic (exact) mass is 340 g/mol. The maximum atomic E-state index is 12.3. The van der Waals surface area contributed by atoms with Crippen molar-refractivity contribution in [1.82, 2.24) is 19.8 Å². The van der Waals surface area contributed by atoms with E-state index in [1.54, 1.807) is 12.5 Å². The van der Waals surface area contributed by atoms with Gasteiger partial charge in [-0.3, -0.25) is 4.79 Å². The second kappa shape index (κ2) is 8.30. The summed E-state index contributed by atoms with van der Waals surface area (Å²) in [6.45, 7) is 3.72. The van der Waals surface area contributed by atoms with Crippen LogP contribution in [0.5, 0.6) is 0 Å². The molecule has 0 spiro atoms. The molecule has 0 saturated carbocycles. The van der Waals surface area contributed by atoms with Crippen molar-refractivity contribution in [3.63, 3.8) is 0 Å². The minimum absolute atomic E-state index is 0.0633. The van der Waals surface area contributed by atoms with E-state index in [0.717, 1.165) is 45.4 Å². The van der Waals surface area contributed by atoms with Crippen LogP contribution in [0.2, 0.25) is 0 Å². The molecule has 1 fully saturated rings. The number of amides is 1.